The molecule has 64 valence electrons. The number of halogens is 1. The van der Waals surface area contributed by atoms with E-state index in [1.54, 1.807) is 18.3 Å². The number of H-pyrrole nitrogens is 1. The first-order chi connectivity index (χ1) is 6.31. The van der Waals surface area contributed by atoms with Crippen LogP contribution in [0.25, 0.3) is 10.9 Å². The van der Waals surface area contributed by atoms with E-state index in [0.29, 0.717) is 10.7 Å². The van der Waals surface area contributed by atoms with Gasteiger partial charge in [-0.3, -0.25) is 0 Å². The lowest BCUT2D eigenvalue weighted by atomic mass is 10.2. The molecule has 2 rings (SSSR count). The number of aliphatic imine (C=N–C) groups is 1. The van der Waals surface area contributed by atoms with Crippen LogP contribution in [0.15, 0.2) is 29.4 Å². The van der Waals surface area contributed by atoms with Crippen LogP contribution in [0, 0.1) is 0 Å². The van der Waals surface area contributed by atoms with E-state index in [9.17, 15) is 4.79 Å². The van der Waals surface area contributed by atoms with Gasteiger partial charge in [-0.05, 0) is 18.2 Å². The molecule has 0 bridgehead atoms. The number of hydrogen-bond acceptors (Lipinski definition) is 2. The van der Waals surface area contributed by atoms with Gasteiger partial charge in [0.2, 0.25) is 6.08 Å². The average molecular weight is 193 g/mol. The Labute approximate surface area is 79.0 Å². The van der Waals surface area contributed by atoms with Crippen LogP contribution in [0.2, 0.25) is 5.02 Å². The maximum Gasteiger partial charge on any atom is 0.240 e. The second-order valence-electron chi connectivity index (χ2n) is 2.57. The molecule has 0 aliphatic rings. The molecule has 0 aliphatic carbocycles. The zero-order valence-electron chi connectivity index (χ0n) is 6.54. The molecule has 0 atom stereocenters. The fourth-order valence-electron chi connectivity index (χ4n) is 1.22. The highest BCUT2D eigenvalue weighted by molar-refractivity contribution is 6.31. The van der Waals surface area contributed by atoms with Crippen molar-refractivity contribution in [3.63, 3.8) is 0 Å². The van der Waals surface area contributed by atoms with E-state index in [1.807, 2.05) is 6.07 Å². The van der Waals surface area contributed by atoms with Gasteiger partial charge in [0.05, 0.1) is 0 Å². The van der Waals surface area contributed by atoms with Crippen LogP contribution in [0.1, 0.15) is 0 Å². The maximum atomic E-state index is 10.1. The summed E-state index contributed by atoms with van der Waals surface area (Å²) in [4.78, 5) is 16.6. The highest BCUT2D eigenvalue weighted by atomic mass is 35.5. The van der Waals surface area contributed by atoms with Gasteiger partial charge in [0.25, 0.3) is 0 Å². The van der Waals surface area contributed by atoms with Crippen molar-refractivity contribution in [3.05, 3.63) is 29.4 Å². The van der Waals surface area contributed by atoms with Crippen molar-refractivity contribution in [2.75, 3.05) is 0 Å². The summed E-state index contributed by atoms with van der Waals surface area (Å²) in [5.74, 6) is 0. The minimum absolute atomic E-state index is 0.585. The fourth-order valence-corrected chi connectivity index (χ4v) is 1.40. The smallest absolute Gasteiger partial charge is 0.240 e. The van der Waals surface area contributed by atoms with Gasteiger partial charge in [-0.2, -0.15) is 4.99 Å². The Kier molecular flexibility index (Phi) is 1.89. The minimum Gasteiger partial charge on any atom is -0.359 e. The molecule has 0 spiro atoms. The van der Waals surface area contributed by atoms with Crippen molar-refractivity contribution >= 4 is 34.3 Å². The number of nitrogens with one attached hydrogen (secondary N) is 1. The summed E-state index contributed by atoms with van der Waals surface area (Å²) in [7, 11) is 0. The van der Waals surface area contributed by atoms with Crippen LogP contribution < -0.4 is 0 Å². The summed E-state index contributed by atoms with van der Waals surface area (Å²) < 4.78 is 0. The van der Waals surface area contributed by atoms with Crippen molar-refractivity contribution in [3.8, 4) is 0 Å². The van der Waals surface area contributed by atoms with Crippen LogP contribution in [0.5, 0.6) is 0 Å². The number of fused-ring (bicyclic) bond motifs is 1. The molecule has 0 unspecified atom stereocenters. The van der Waals surface area contributed by atoms with Crippen molar-refractivity contribution in [2.24, 2.45) is 4.99 Å². The Morgan fingerprint density at radius 3 is 3.08 bits per heavy atom. The normalized spacial score (nSPS) is 9.92. The lowest BCUT2D eigenvalue weighted by Crippen LogP contribution is -1.66. The van der Waals surface area contributed by atoms with E-state index >= 15 is 0 Å². The summed E-state index contributed by atoms with van der Waals surface area (Å²) in [6.07, 6.45) is 3.14. The molecule has 0 saturated heterocycles. The van der Waals surface area contributed by atoms with E-state index in [1.165, 1.54) is 6.08 Å². The molecule has 0 saturated carbocycles. The first-order valence-electron chi connectivity index (χ1n) is 3.66. The number of rotatable bonds is 1. The Hall–Kier alpha value is -1.57. The second kappa shape index (κ2) is 3.05. The van der Waals surface area contributed by atoms with Crippen molar-refractivity contribution in [2.45, 2.75) is 0 Å². The molecule has 4 heteroatoms. The summed E-state index contributed by atoms with van der Waals surface area (Å²) in [6.45, 7) is 0. The van der Waals surface area contributed by atoms with E-state index in [2.05, 4.69) is 9.98 Å². The van der Waals surface area contributed by atoms with Crippen LogP contribution >= 0.6 is 11.6 Å². The quantitative estimate of drug-likeness (QED) is 0.548. The molecule has 13 heavy (non-hydrogen) atoms. The molecule has 2 aromatic rings. The molecule has 0 radical (unpaired) electrons. The van der Waals surface area contributed by atoms with Gasteiger partial charge in [-0.25, -0.2) is 4.79 Å². The Balaban J connectivity index is 2.75. The highest BCUT2D eigenvalue weighted by Crippen LogP contribution is 2.27. The lowest BCUT2D eigenvalue weighted by molar-refractivity contribution is 0.565. The van der Waals surface area contributed by atoms with Gasteiger partial charge in [0.15, 0.2) is 0 Å². The van der Waals surface area contributed by atoms with Gasteiger partial charge in [0, 0.05) is 22.1 Å². The van der Waals surface area contributed by atoms with Crippen LogP contribution in [-0.4, -0.2) is 11.1 Å². The monoisotopic (exact) mass is 192 g/mol. The zero-order chi connectivity index (χ0) is 9.26. The minimum atomic E-state index is 0.585. The number of isocyanates is 1. The molecule has 1 aromatic heterocycles. The van der Waals surface area contributed by atoms with Crippen molar-refractivity contribution in [1.82, 2.24) is 4.98 Å². The second-order valence-corrected chi connectivity index (χ2v) is 3.00. The van der Waals surface area contributed by atoms with Crippen molar-refractivity contribution < 1.29 is 4.79 Å². The Morgan fingerprint density at radius 1 is 1.46 bits per heavy atom. The topological polar surface area (TPSA) is 45.2 Å². The van der Waals surface area contributed by atoms with E-state index in [0.717, 1.165) is 10.9 Å². The molecule has 1 aromatic carbocycles. The fraction of sp³-hybridized carbons (Fsp3) is 0. The number of benzene rings is 1. The molecule has 1 N–H and O–H groups in total. The third kappa shape index (κ3) is 1.35. The summed E-state index contributed by atoms with van der Waals surface area (Å²) in [5.41, 5.74) is 1.45. The Bertz CT molecular complexity index is 497. The van der Waals surface area contributed by atoms with E-state index in [-0.39, 0.29) is 0 Å². The molecule has 3 nitrogen and oxygen atoms in total. The van der Waals surface area contributed by atoms with Gasteiger partial charge >= 0.3 is 0 Å². The van der Waals surface area contributed by atoms with Crippen molar-refractivity contribution in [1.29, 1.82) is 0 Å². The van der Waals surface area contributed by atoms with Crippen LogP contribution in [-0.2, 0) is 4.79 Å². The zero-order valence-corrected chi connectivity index (χ0v) is 7.30. The summed E-state index contributed by atoms with van der Waals surface area (Å²) in [5, 5.41) is 1.52. The first kappa shape index (κ1) is 8.05. The molecule has 1 heterocycles. The number of aromatic nitrogens is 1. The molecule has 0 aliphatic heterocycles. The largest absolute Gasteiger partial charge is 0.359 e. The molecular formula is C9H5ClN2O. The van der Waals surface area contributed by atoms with Gasteiger partial charge in [-0.15, -0.1) is 0 Å². The van der Waals surface area contributed by atoms with Crippen LogP contribution in [0.4, 0.5) is 5.69 Å². The van der Waals surface area contributed by atoms with E-state index in [4.69, 9.17) is 11.6 Å². The summed E-state index contributed by atoms with van der Waals surface area (Å²) in [6, 6.07) is 5.34. The van der Waals surface area contributed by atoms with Gasteiger partial charge in [-0.1, -0.05) is 11.6 Å². The first-order valence-corrected chi connectivity index (χ1v) is 4.03. The standard InChI is InChI=1S/C9H5ClN2O/c10-6-1-2-7-8(3-6)11-4-9(7)12-5-13/h1-4,11H. The predicted molar refractivity (Wildman–Crippen MR) is 51.1 cm³/mol. The van der Waals surface area contributed by atoms with E-state index < -0.39 is 0 Å². The summed E-state index contributed by atoms with van der Waals surface area (Å²) >= 11 is 5.78. The van der Waals surface area contributed by atoms with Gasteiger partial charge < -0.3 is 4.98 Å². The molecule has 0 amide bonds. The SMILES string of the molecule is O=C=Nc1c[nH]c2cc(Cl)ccc12. The predicted octanol–water partition coefficient (Wildman–Crippen LogP) is 2.79. The van der Waals surface area contributed by atoms with Gasteiger partial charge in [0.1, 0.15) is 5.69 Å². The third-order valence-electron chi connectivity index (χ3n) is 1.79. The maximum absolute atomic E-state index is 10.1. The third-order valence-corrected chi connectivity index (χ3v) is 2.02. The average Bonchev–Trinajstić information content (AvgIpc) is 2.49. The molecule has 0 fully saturated rings. The lowest BCUT2D eigenvalue weighted by Gasteiger charge is -1.90. The highest BCUT2D eigenvalue weighted by Gasteiger charge is 2.01. The molecular weight excluding hydrogens is 188 g/mol. The Morgan fingerprint density at radius 2 is 2.31 bits per heavy atom. The number of aromatic amines is 1. The number of hydrogen-bond donors (Lipinski definition) is 1. The van der Waals surface area contributed by atoms with Crippen LogP contribution in [0.3, 0.4) is 0 Å². The number of nitrogens with zero attached hydrogens (tertiary/aromatic N) is 1. The number of carbonyl (C=O) groups excluding carboxylic acids is 1.